The summed E-state index contributed by atoms with van der Waals surface area (Å²) in [6, 6.07) is 22.0. The third-order valence-electron chi connectivity index (χ3n) is 3.94. The molecule has 0 fully saturated rings. The fourth-order valence-electron chi connectivity index (χ4n) is 2.70. The number of hydrogen-bond donors (Lipinski definition) is 0. The van der Waals surface area contributed by atoms with Gasteiger partial charge in [-0.1, -0.05) is 0 Å². The highest BCUT2D eigenvalue weighted by atomic mass is 79.9. The lowest BCUT2D eigenvalue weighted by Crippen LogP contribution is -1.58. The summed E-state index contributed by atoms with van der Waals surface area (Å²) >= 11 is 16.3. The van der Waals surface area contributed by atoms with E-state index >= 15 is 0 Å². The van der Waals surface area contributed by atoms with Crippen LogP contribution in [-0.2, 0) is 0 Å². The second-order valence-electron chi connectivity index (χ2n) is 5.70. The maximum atomic E-state index is 3.55. The van der Waals surface area contributed by atoms with Gasteiger partial charge in [-0.3, -0.25) is 0 Å². The quantitative estimate of drug-likeness (QED) is 0.202. The fourth-order valence-corrected chi connectivity index (χ4v) is 8.85. The molecule has 0 bridgehead atoms. The van der Waals surface area contributed by atoms with E-state index in [9.17, 15) is 0 Å². The Kier molecular flexibility index (Phi) is 5.28. The van der Waals surface area contributed by atoms with E-state index in [1.54, 1.807) is 22.7 Å². The van der Waals surface area contributed by atoms with Crippen LogP contribution >= 0.6 is 88.5 Å². The number of hydrogen-bond acceptors (Lipinski definition) is 5. The molecule has 5 aromatic rings. The van der Waals surface area contributed by atoms with Crippen molar-refractivity contribution in [3.63, 3.8) is 0 Å². The molecule has 0 unspecified atom stereocenters. The molecular weight excluding hydrogens is 560 g/mol. The SMILES string of the molecule is Brc1ccc(-c2ccc(-c3ccc(-c4ccc(-c5ccc(Br)s5)s4)s3)s2)s1. The Hall–Kier alpha value is -0.540. The van der Waals surface area contributed by atoms with Crippen LogP contribution in [0.1, 0.15) is 0 Å². The molecule has 5 rings (SSSR count). The van der Waals surface area contributed by atoms with Crippen molar-refractivity contribution in [1.29, 1.82) is 0 Å². The lowest BCUT2D eigenvalue weighted by Gasteiger charge is -1.92. The predicted molar refractivity (Wildman–Crippen MR) is 133 cm³/mol. The van der Waals surface area contributed by atoms with Gasteiger partial charge in [-0.05, 0) is 92.5 Å². The minimum Gasteiger partial charge on any atom is -0.134 e. The van der Waals surface area contributed by atoms with Crippen molar-refractivity contribution in [2.75, 3.05) is 0 Å². The minimum atomic E-state index is 1.18. The molecule has 0 radical (unpaired) electrons. The normalized spacial score (nSPS) is 11.3. The molecule has 5 aromatic heterocycles. The zero-order valence-electron chi connectivity index (χ0n) is 13.6. The molecule has 5 heterocycles. The molecule has 0 nitrogen and oxygen atoms in total. The van der Waals surface area contributed by atoms with Crippen molar-refractivity contribution < 1.29 is 0 Å². The lowest BCUT2D eigenvalue weighted by molar-refractivity contribution is 1.89. The first kappa shape index (κ1) is 18.5. The molecular formula is C20H10Br2S5. The highest BCUT2D eigenvalue weighted by molar-refractivity contribution is 9.11. The van der Waals surface area contributed by atoms with Crippen molar-refractivity contribution >= 4 is 88.5 Å². The predicted octanol–water partition coefficient (Wildman–Crippen LogP) is 10.2. The van der Waals surface area contributed by atoms with Crippen molar-refractivity contribution in [3.05, 3.63) is 68.2 Å². The van der Waals surface area contributed by atoms with Gasteiger partial charge >= 0.3 is 0 Å². The van der Waals surface area contributed by atoms with Gasteiger partial charge in [0, 0.05) is 39.0 Å². The lowest BCUT2D eigenvalue weighted by atomic mass is 10.3. The summed E-state index contributed by atoms with van der Waals surface area (Å²) in [5.41, 5.74) is 0. The molecule has 0 aliphatic carbocycles. The van der Waals surface area contributed by atoms with Crippen molar-refractivity contribution in [1.82, 2.24) is 0 Å². The first-order valence-corrected chi connectivity index (χ1v) is 13.6. The summed E-state index contributed by atoms with van der Waals surface area (Å²) < 4.78 is 2.36. The van der Waals surface area contributed by atoms with Crippen LogP contribution in [0.5, 0.6) is 0 Å². The van der Waals surface area contributed by atoms with Crippen molar-refractivity contribution in [3.8, 4) is 39.0 Å². The van der Waals surface area contributed by atoms with Gasteiger partial charge in [0.15, 0.2) is 0 Å². The zero-order chi connectivity index (χ0) is 18.4. The molecule has 0 saturated carbocycles. The number of halogens is 2. The van der Waals surface area contributed by atoms with Gasteiger partial charge in [-0.25, -0.2) is 0 Å². The summed E-state index contributed by atoms with van der Waals surface area (Å²) in [5, 5.41) is 0. The number of thiophene rings is 5. The summed E-state index contributed by atoms with van der Waals surface area (Å²) in [6.45, 7) is 0. The second kappa shape index (κ2) is 7.71. The van der Waals surface area contributed by atoms with E-state index in [0.29, 0.717) is 0 Å². The van der Waals surface area contributed by atoms with E-state index in [0.717, 1.165) is 0 Å². The Morgan fingerprint density at radius 3 is 0.778 bits per heavy atom. The van der Waals surface area contributed by atoms with Crippen molar-refractivity contribution in [2.24, 2.45) is 0 Å². The Balaban J connectivity index is 1.42. The molecule has 7 heteroatoms. The van der Waals surface area contributed by atoms with E-state index in [-0.39, 0.29) is 0 Å². The van der Waals surface area contributed by atoms with Gasteiger partial charge in [-0.15, -0.1) is 56.7 Å². The van der Waals surface area contributed by atoms with E-state index in [1.807, 2.05) is 34.0 Å². The van der Waals surface area contributed by atoms with E-state index in [1.165, 1.54) is 46.6 Å². The van der Waals surface area contributed by atoms with Crippen molar-refractivity contribution in [2.45, 2.75) is 0 Å². The van der Waals surface area contributed by atoms with Gasteiger partial charge in [0.2, 0.25) is 0 Å². The summed E-state index contributed by atoms with van der Waals surface area (Å²) in [5.74, 6) is 0. The van der Waals surface area contributed by atoms with Crippen LogP contribution in [-0.4, -0.2) is 0 Å². The van der Waals surface area contributed by atoms with Crippen LogP contribution in [0.4, 0.5) is 0 Å². The van der Waals surface area contributed by atoms with Crippen LogP contribution in [0.2, 0.25) is 0 Å². The summed E-state index contributed by atoms with van der Waals surface area (Å²) in [7, 11) is 0. The minimum absolute atomic E-state index is 1.18. The molecule has 0 aliphatic heterocycles. The largest absolute Gasteiger partial charge is 0.134 e. The molecule has 0 amide bonds. The molecule has 0 saturated heterocycles. The Morgan fingerprint density at radius 2 is 0.556 bits per heavy atom. The van der Waals surface area contributed by atoms with E-state index in [4.69, 9.17) is 0 Å². The maximum Gasteiger partial charge on any atom is 0.0705 e. The number of rotatable bonds is 4. The van der Waals surface area contributed by atoms with E-state index in [2.05, 4.69) is 92.5 Å². The standard InChI is InChI=1S/C20H10Br2S5/c21-19-9-7-17(26-19)15-5-3-13(24-15)11-1-2-12(23-11)14-4-6-16(25-14)18-8-10-20(22)27-18/h1-10H. The molecule has 0 atom stereocenters. The maximum absolute atomic E-state index is 3.55. The molecule has 27 heavy (non-hydrogen) atoms. The molecule has 134 valence electrons. The monoisotopic (exact) mass is 568 g/mol. The topological polar surface area (TPSA) is 0 Å². The highest BCUT2D eigenvalue weighted by Crippen LogP contribution is 2.45. The summed E-state index contributed by atoms with van der Waals surface area (Å²) in [4.78, 5) is 10.7. The van der Waals surface area contributed by atoms with Crippen LogP contribution in [0.15, 0.2) is 68.2 Å². The van der Waals surface area contributed by atoms with Crippen LogP contribution in [0.25, 0.3) is 39.0 Å². The molecule has 0 aliphatic rings. The molecule has 0 aromatic carbocycles. The van der Waals surface area contributed by atoms with E-state index < -0.39 is 0 Å². The highest BCUT2D eigenvalue weighted by Gasteiger charge is 2.12. The first-order chi connectivity index (χ1) is 13.2. The van der Waals surface area contributed by atoms with Crippen LogP contribution in [0.3, 0.4) is 0 Å². The molecule has 0 spiro atoms. The third-order valence-corrected chi connectivity index (χ3v) is 11.2. The van der Waals surface area contributed by atoms with Gasteiger partial charge in [0.1, 0.15) is 0 Å². The van der Waals surface area contributed by atoms with Crippen LogP contribution < -0.4 is 0 Å². The fraction of sp³-hybridized carbons (Fsp3) is 0. The first-order valence-electron chi connectivity index (χ1n) is 7.97. The Bertz CT molecular complexity index is 1120. The Labute approximate surface area is 194 Å². The zero-order valence-corrected chi connectivity index (χ0v) is 20.8. The average Bonchev–Trinajstić information content (AvgIpc) is 3.44. The second-order valence-corrected chi connectivity index (χ2v) is 13.9. The van der Waals surface area contributed by atoms with Crippen LogP contribution in [0, 0.1) is 0 Å². The summed E-state index contributed by atoms with van der Waals surface area (Å²) in [6.07, 6.45) is 0. The van der Waals surface area contributed by atoms with Gasteiger partial charge in [0.05, 0.1) is 7.57 Å². The van der Waals surface area contributed by atoms with Gasteiger partial charge in [-0.2, -0.15) is 0 Å². The van der Waals surface area contributed by atoms with Gasteiger partial charge < -0.3 is 0 Å². The smallest absolute Gasteiger partial charge is 0.0705 e. The third kappa shape index (κ3) is 3.83. The van der Waals surface area contributed by atoms with Gasteiger partial charge in [0.25, 0.3) is 0 Å². The molecule has 0 N–H and O–H groups in total. The Morgan fingerprint density at radius 1 is 0.333 bits per heavy atom. The average molecular weight is 570 g/mol.